The smallest absolute Gasteiger partial charge is 0.264 e. The number of amides is 1. The van der Waals surface area contributed by atoms with E-state index in [1.54, 1.807) is 49.4 Å². The maximum atomic E-state index is 13.6. The molecule has 5 nitrogen and oxygen atoms in total. The Balaban J connectivity index is 1.95. The highest BCUT2D eigenvalue weighted by Gasteiger charge is 2.29. The van der Waals surface area contributed by atoms with Gasteiger partial charge in [-0.05, 0) is 86.7 Å². The molecule has 3 aromatic carbocycles. The van der Waals surface area contributed by atoms with Crippen LogP contribution in [0.15, 0.2) is 65.6 Å². The van der Waals surface area contributed by atoms with E-state index >= 15 is 0 Å². The van der Waals surface area contributed by atoms with Crippen LogP contribution in [0.5, 0.6) is 0 Å². The lowest BCUT2D eigenvalue weighted by Crippen LogP contribution is -2.42. The highest BCUT2D eigenvalue weighted by Crippen LogP contribution is 2.29. The quantitative estimate of drug-likeness (QED) is 0.412. The lowest BCUT2D eigenvalue weighted by Gasteiger charge is -2.27. The zero-order valence-electron chi connectivity index (χ0n) is 20.2. The van der Waals surface area contributed by atoms with Crippen molar-refractivity contribution in [2.24, 2.45) is 0 Å². The van der Waals surface area contributed by atoms with Crippen LogP contribution in [0.2, 0.25) is 5.02 Å². The summed E-state index contributed by atoms with van der Waals surface area (Å²) in [5, 5.41) is 3.52. The molecule has 0 aliphatic heterocycles. The van der Waals surface area contributed by atoms with Gasteiger partial charge in [-0.1, -0.05) is 54.4 Å². The SMILES string of the molecule is CCC(NC(=O)CN(c1ccc(Cl)cc1C)S(=O)(=O)c1ccc(C)cc1)c1ccc(C)c(C)c1. The van der Waals surface area contributed by atoms with Crippen molar-refractivity contribution in [1.29, 1.82) is 0 Å². The van der Waals surface area contributed by atoms with Crippen LogP contribution in [0.4, 0.5) is 5.69 Å². The van der Waals surface area contributed by atoms with Crippen molar-refractivity contribution >= 4 is 33.2 Å². The lowest BCUT2D eigenvalue weighted by atomic mass is 9.99. The van der Waals surface area contributed by atoms with Gasteiger partial charge < -0.3 is 5.32 Å². The number of rotatable bonds is 8. The van der Waals surface area contributed by atoms with E-state index in [9.17, 15) is 13.2 Å². The van der Waals surface area contributed by atoms with Crippen molar-refractivity contribution in [3.63, 3.8) is 0 Å². The number of halogens is 1. The minimum Gasteiger partial charge on any atom is -0.348 e. The van der Waals surface area contributed by atoms with E-state index in [1.165, 1.54) is 5.56 Å². The largest absolute Gasteiger partial charge is 0.348 e. The molecule has 0 aliphatic rings. The van der Waals surface area contributed by atoms with Crippen molar-refractivity contribution in [3.8, 4) is 0 Å². The fourth-order valence-electron chi connectivity index (χ4n) is 3.81. The summed E-state index contributed by atoms with van der Waals surface area (Å²) >= 11 is 6.11. The molecule has 1 unspecified atom stereocenters. The molecule has 3 rings (SSSR count). The first kappa shape index (κ1) is 25.8. The molecule has 1 N–H and O–H groups in total. The second kappa shape index (κ2) is 10.6. The molecule has 0 saturated heterocycles. The summed E-state index contributed by atoms with van der Waals surface area (Å²) in [5.41, 5.74) is 5.35. The van der Waals surface area contributed by atoms with Gasteiger partial charge >= 0.3 is 0 Å². The topological polar surface area (TPSA) is 66.5 Å². The van der Waals surface area contributed by atoms with Gasteiger partial charge in [0, 0.05) is 5.02 Å². The normalized spacial score (nSPS) is 12.3. The average molecular weight is 499 g/mol. The molecular formula is C27H31ClN2O3S. The van der Waals surface area contributed by atoms with Gasteiger partial charge in [-0.25, -0.2) is 8.42 Å². The standard InChI is InChI=1S/C27H31ClN2O3S/c1-6-25(22-10-9-19(3)20(4)15-22)29-27(31)17-30(26-14-11-23(28)16-21(26)5)34(32,33)24-12-7-18(2)8-13-24/h7-16,25H,6,17H2,1-5H3,(H,29,31). The van der Waals surface area contributed by atoms with E-state index in [0.717, 1.165) is 21.0 Å². The molecule has 0 heterocycles. The second-order valence-corrected chi connectivity index (χ2v) is 10.9. The van der Waals surface area contributed by atoms with Crippen molar-refractivity contribution in [2.75, 3.05) is 10.8 Å². The van der Waals surface area contributed by atoms with E-state index in [0.29, 0.717) is 22.7 Å². The number of hydrogen-bond acceptors (Lipinski definition) is 3. The first-order chi connectivity index (χ1) is 16.0. The van der Waals surface area contributed by atoms with Gasteiger partial charge in [0.25, 0.3) is 10.0 Å². The molecule has 0 bridgehead atoms. The summed E-state index contributed by atoms with van der Waals surface area (Å²) in [6, 6.07) is 17.4. The Morgan fingerprint density at radius 3 is 2.18 bits per heavy atom. The van der Waals surface area contributed by atoms with Gasteiger partial charge in [0.15, 0.2) is 0 Å². The van der Waals surface area contributed by atoms with Crippen molar-refractivity contribution in [1.82, 2.24) is 5.32 Å². The molecule has 180 valence electrons. The van der Waals surface area contributed by atoms with Gasteiger partial charge in [-0.2, -0.15) is 0 Å². The molecule has 0 radical (unpaired) electrons. The van der Waals surface area contributed by atoms with Crippen LogP contribution < -0.4 is 9.62 Å². The Morgan fingerprint density at radius 2 is 1.59 bits per heavy atom. The van der Waals surface area contributed by atoms with Crippen LogP contribution in [0, 0.1) is 27.7 Å². The number of nitrogens with one attached hydrogen (secondary N) is 1. The van der Waals surface area contributed by atoms with Crippen LogP contribution in [0.1, 0.15) is 47.2 Å². The Morgan fingerprint density at radius 1 is 0.912 bits per heavy atom. The molecule has 0 spiro atoms. The highest BCUT2D eigenvalue weighted by molar-refractivity contribution is 7.92. The monoisotopic (exact) mass is 498 g/mol. The number of benzene rings is 3. The second-order valence-electron chi connectivity index (χ2n) is 8.63. The van der Waals surface area contributed by atoms with Gasteiger partial charge in [0.1, 0.15) is 6.54 Å². The van der Waals surface area contributed by atoms with Gasteiger partial charge in [0.05, 0.1) is 16.6 Å². The molecule has 0 saturated carbocycles. The van der Waals surface area contributed by atoms with Crippen molar-refractivity contribution in [2.45, 2.75) is 52.0 Å². The Kier molecular flexibility index (Phi) is 8.05. The maximum absolute atomic E-state index is 13.6. The number of hydrogen-bond donors (Lipinski definition) is 1. The van der Waals surface area contributed by atoms with Crippen LogP contribution in [-0.2, 0) is 14.8 Å². The predicted octanol–water partition coefficient (Wildman–Crippen LogP) is 6.04. The first-order valence-electron chi connectivity index (χ1n) is 11.2. The zero-order valence-corrected chi connectivity index (χ0v) is 21.8. The third-order valence-electron chi connectivity index (χ3n) is 6.00. The Bertz CT molecular complexity index is 1290. The van der Waals surface area contributed by atoms with Crippen LogP contribution in [0.25, 0.3) is 0 Å². The number of carbonyl (C=O) groups is 1. The lowest BCUT2D eigenvalue weighted by molar-refractivity contribution is -0.120. The van der Waals surface area contributed by atoms with Crippen LogP contribution in [0.3, 0.4) is 0 Å². The summed E-state index contributed by atoms with van der Waals surface area (Å²) in [5.74, 6) is -0.380. The molecule has 1 atom stereocenters. The molecule has 3 aromatic rings. The summed E-state index contributed by atoms with van der Waals surface area (Å²) < 4.78 is 28.4. The van der Waals surface area contributed by atoms with Crippen molar-refractivity contribution in [3.05, 3.63) is 93.5 Å². The third-order valence-corrected chi connectivity index (χ3v) is 8.01. The minimum atomic E-state index is -3.99. The molecule has 0 fully saturated rings. The third kappa shape index (κ3) is 5.80. The fraction of sp³-hybridized carbons (Fsp3) is 0.296. The summed E-state index contributed by atoms with van der Waals surface area (Å²) in [6.07, 6.45) is 0.679. The van der Waals surface area contributed by atoms with E-state index in [4.69, 9.17) is 11.6 Å². The molecule has 1 amide bonds. The Labute approximate surface area is 207 Å². The number of anilines is 1. The number of sulfonamides is 1. The van der Waals surface area contributed by atoms with Crippen LogP contribution >= 0.6 is 11.6 Å². The van der Waals surface area contributed by atoms with Crippen LogP contribution in [-0.4, -0.2) is 20.9 Å². The van der Waals surface area contributed by atoms with Gasteiger partial charge in [-0.3, -0.25) is 9.10 Å². The number of nitrogens with zero attached hydrogens (tertiary/aromatic N) is 1. The van der Waals surface area contributed by atoms with E-state index in [-0.39, 0.29) is 23.4 Å². The molecular weight excluding hydrogens is 468 g/mol. The molecule has 34 heavy (non-hydrogen) atoms. The van der Waals surface area contributed by atoms with E-state index in [2.05, 4.69) is 11.4 Å². The average Bonchev–Trinajstić information content (AvgIpc) is 2.78. The molecule has 0 aromatic heterocycles. The summed E-state index contributed by atoms with van der Waals surface area (Å²) in [6.45, 7) is 9.39. The fourth-order valence-corrected chi connectivity index (χ4v) is 5.52. The summed E-state index contributed by atoms with van der Waals surface area (Å²) in [7, 11) is -3.99. The van der Waals surface area contributed by atoms with Crippen molar-refractivity contribution < 1.29 is 13.2 Å². The molecule has 0 aliphatic carbocycles. The maximum Gasteiger partial charge on any atom is 0.264 e. The Hall–Kier alpha value is -2.83. The zero-order chi connectivity index (χ0) is 25.0. The number of carbonyl (C=O) groups excluding carboxylic acids is 1. The number of aryl methyl sites for hydroxylation is 4. The first-order valence-corrected chi connectivity index (χ1v) is 13.1. The minimum absolute atomic E-state index is 0.126. The van der Waals surface area contributed by atoms with E-state index < -0.39 is 10.0 Å². The summed E-state index contributed by atoms with van der Waals surface area (Å²) in [4.78, 5) is 13.3. The predicted molar refractivity (Wildman–Crippen MR) is 139 cm³/mol. The highest BCUT2D eigenvalue weighted by atomic mass is 35.5. The molecule has 7 heteroatoms. The van der Waals surface area contributed by atoms with E-state index in [1.807, 2.05) is 39.8 Å². The van der Waals surface area contributed by atoms with Gasteiger partial charge in [-0.15, -0.1) is 0 Å². The van der Waals surface area contributed by atoms with Gasteiger partial charge in [0.2, 0.25) is 5.91 Å².